The zero-order chi connectivity index (χ0) is 22.3. The van der Waals surface area contributed by atoms with Gasteiger partial charge in [0.05, 0.1) is 25.0 Å². The summed E-state index contributed by atoms with van der Waals surface area (Å²) in [6.07, 6.45) is 3.79. The Morgan fingerprint density at radius 3 is 2.75 bits per heavy atom. The van der Waals surface area contributed by atoms with Gasteiger partial charge in [-0.15, -0.1) is 11.3 Å². The second-order valence-corrected chi connectivity index (χ2v) is 9.90. The second kappa shape index (κ2) is 11.0. The number of hydrogen-bond acceptors (Lipinski definition) is 7. The number of amides is 1. The summed E-state index contributed by atoms with van der Waals surface area (Å²) < 4.78 is 11.7. The van der Waals surface area contributed by atoms with Crippen LogP contribution in [0.25, 0.3) is 0 Å². The van der Waals surface area contributed by atoms with Gasteiger partial charge >= 0.3 is 0 Å². The number of ether oxygens (including phenoxy) is 2. The van der Waals surface area contributed by atoms with E-state index < -0.39 is 0 Å². The van der Waals surface area contributed by atoms with Gasteiger partial charge in [0.15, 0.2) is 5.13 Å². The van der Waals surface area contributed by atoms with Crippen LogP contribution in [0.3, 0.4) is 0 Å². The summed E-state index contributed by atoms with van der Waals surface area (Å²) in [5, 5.41) is 13.1. The van der Waals surface area contributed by atoms with Crippen molar-refractivity contribution in [2.45, 2.75) is 65.0 Å². The first-order valence-electron chi connectivity index (χ1n) is 10.9. The number of benzene rings is 1. The van der Waals surface area contributed by atoms with Crippen LogP contribution in [0.15, 0.2) is 40.4 Å². The second-order valence-electron chi connectivity index (χ2n) is 8.26. The van der Waals surface area contributed by atoms with Crippen LogP contribution in [0.5, 0.6) is 5.75 Å². The van der Waals surface area contributed by atoms with Gasteiger partial charge in [0, 0.05) is 23.5 Å². The Morgan fingerprint density at radius 2 is 2.03 bits per heavy atom. The smallest absolute Gasteiger partial charge is 0.257 e. The topological polar surface area (TPSA) is 72.5 Å². The van der Waals surface area contributed by atoms with Gasteiger partial charge in [-0.25, -0.2) is 4.98 Å². The number of hydrogen-bond donors (Lipinski definition) is 2. The zero-order valence-corrected chi connectivity index (χ0v) is 20.1. The van der Waals surface area contributed by atoms with E-state index in [-0.39, 0.29) is 12.0 Å². The minimum absolute atomic E-state index is 0.0116. The van der Waals surface area contributed by atoms with Crippen molar-refractivity contribution < 1.29 is 14.3 Å². The molecule has 6 nitrogen and oxygen atoms in total. The molecule has 2 aromatic heterocycles. The summed E-state index contributed by atoms with van der Waals surface area (Å²) in [7, 11) is 0. The van der Waals surface area contributed by atoms with E-state index in [1.807, 2.05) is 42.8 Å². The van der Waals surface area contributed by atoms with E-state index in [9.17, 15) is 4.79 Å². The average Bonchev–Trinajstić information content (AvgIpc) is 3.38. The molecule has 1 aliphatic rings. The van der Waals surface area contributed by atoms with E-state index >= 15 is 0 Å². The predicted octanol–water partition coefficient (Wildman–Crippen LogP) is 5.60. The summed E-state index contributed by atoms with van der Waals surface area (Å²) in [4.78, 5) is 17.5. The molecule has 3 aromatic rings. The first kappa shape index (κ1) is 22.9. The highest BCUT2D eigenvalue weighted by atomic mass is 32.1. The Kier molecular flexibility index (Phi) is 7.91. The van der Waals surface area contributed by atoms with Crippen molar-refractivity contribution in [3.05, 3.63) is 62.8 Å². The Hall–Kier alpha value is -2.26. The molecule has 0 atom stereocenters. The fourth-order valence-electron chi connectivity index (χ4n) is 3.35. The maximum absolute atomic E-state index is 12.9. The zero-order valence-electron chi connectivity index (χ0n) is 18.4. The van der Waals surface area contributed by atoms with Crippen LogP contribution in [0.2, 0.25) is 0 Å². The number of nitrogens with zero attached hydrogens (tertiary/aromatic N) is 1. The van der Waals surface area contributed by atoms with E-state index in [1.54, 1.807) is 17.4 Å². The Morgan fingerprint density at radius 1 is 1.19 bits per heavy atom. The third kappa shape index (κ3) is 6.62. The molecule has 1 saturated carbocycles. The standard InChI is InChI=1S/C24H29N3O3S2/c1-16(2)30-22-9-18(13-29-12-17-6-7-31-14-17)8-19(10-22)23(28)27-24-26-21(15-32-24)11-25-20-4-3-5-20/h6-10,14-16,20,25H,3-5,11-13H2,1-2H3,(H,26,27,28). The molecule has 1 fully saturated rings. The lowest BCUT2D eigenvalue weighted by molar-refractivity contribution is 0.102. The molecule has 2 N–H and O–H groups in total. The first-order valence-corrected chi connectivity index (χ1v) is 12.8. The molecule has 1 amide bonds. The Balaban J connectivity index is 1.39. The fourth-order valence-corrected chi connectivity index (χ4v) is 4.71. The third-order valence-electron chi connectivity index (χ3n) is 5.17. The van der Waals surface area contributed by atoms with Gasteiger partial charge in [-0.05, 0) is 72.8 Å². The monoisotopic (exact) mass is 471 g/mol. The van der Waals surface area contributed by atoms with E-state index in [0.717, 1.165) is 23.4 Å². The molecule has 0 aliphatic heterocycles. The minimum atomic E-state index is -0.203. The maximum Gasteiger partial charge on any atom is 0.257 e. The summed E-state index contributed by atoms with van der Waals surface area (Å²) in [6.45, 7) is 5.61. The van der Waals surface area contributed by atoms with Crippen LogP contribution in [-0.4, -0.2) is 23.0 Å². The van der Waals surface area contributed by atoms with Crippen LogP contribution < -0.4 is 15.4 Å². The van der Waals surface area contributed by atoms with Gasteiger partial charge < -0.3 is 14.8 Å². The summed E-state index contributed by atoms with van der Waals surface area (Å²) in [6, 6.07) is 8.20. The lowest BCUT2D eigenvalue weighted by atomic mass is 9.93. The van der Waals surface area contributed by atoms with Crippen LogP contribution in [0.1, 0.15) is 60.3 Å². The highest BCUT2D eigenvalue weighted by molar-refractivity contribution is 7.14. The van der Waals surface area contributed by atoms with Gasteiger partial charge in [0.2, 0.25) is 0 Å². The van der Waals surface area contributed by atoms with Crippen molar-refractivity contribution in [2.75, 3.05) is 5.32 Å². The molecular formula is C24H29N3O3S2. The molecule has 1 aliphatic carbocycles. The molecule has 32 heavy (non-hydrogen) atoms. The molecule has 0 spiro atoms. The van der Waals surface area contributed by atoms with E-state index in [4.69, 9.17) is 9.47 Å². The molecule has 170 valence electrons. The number of thiazole rings is 1. The van der Waals surface area contributed by atoms with Gasteiger partial charge in [-0.1, -0.05) is 6.42 Å². The van der Waals surface area contributed by atoms with Crippen molar-refractivity contribution in [1.29, 1.82) is 0 Å². The average molecular weight is 472 g/mol. The number of carbonyl (C=O) groups is 1. The molecule has 0 radical (unpaired) electrons. The maximum atomic E-state index is 12.9. The number of carbonyl (C=O) groups excluding carboxylic acids is 1. The van der Waals surface area contributed by atoms with Gasteiger partial charge in [-0.3, -0.25) is 10.1 Å². The lowest BCUT2D eigenvalue weighted by Gasteiger charge is -2.26. The van der Waals surface area contributed by atoms with Gasteiger partial charge in [0.1, 0.15) is 5.75 Å². The van der Waals surface area contributed by atoms with E-state index in [0.29, 0.717) is 35.7 Å². The van der Waals surface area contributed by atoms with Crippen molar-refractivity contribution >= 4 is 33.7 Å². The number of aromatic nitrogens is 1. The summed E-state index contributed by atoms with van der Waals surface area (Å²) in [5.41, 5.74) is 3.53. The molecule has 8 heteroatoms. The van der Waals surface area contributed by atoms with Crippen molar-refractivity contribution in [2.24, 2.45) is 0 Å². The van der Waals surface area contributed by atoms with E-state index in [2.05, 4.69) is 21.0 Å². The summed E-state index contributed by atoms with van der Waals surface area (Å²) in [5.74, 6) is 0.456. The van der Waals surface area contributed by atoms with Crippen LogP contribution >= 0.6 is 22.7 Å². The molecule has 4 rings (SSSR count). The normalized spacial score (nSPS) is 13.8. The van der Waals surface area contributed by atoms with Crippen LogP contribution in [0.4, 0.5) is 5.13 Å². The van der Waals surface area contributed by atoms with Crippen LogP contribution in [-0.2, 0) is 24.5 Å². The Labute approximate surface area is 197 Å². The predicted molar refractivity (Wildman–Crippen MR) is 130 cm³/mol. The van der Waals surface area contributed by atoms with Crippen molar-refractivity contribution in [1.82, 2.24) is 10.3 Å². The van der Waals surface area contributed by atoms with Gasteiger partial charge in [-0.2, -0.15) is 11.3 Å². The third-order valence-corrected chi connectivity index (χ3v) is 6.71. The van der Waals surface area contributed by atoms with Crippen LogP contribution in [0, 0.1) is 0 Å². The number of thiophene rings is 1. The van der Waals surface area contributed by atoms with E-state index in [1.165, 1.54) is 30.6 Å². The van der Waals surface area contributed by atoms with Crippen molar-refractivity contribution in [3.8, 4) is 5.75 Å². The number of nitrogens with one attached hydrogen (secondary N) is 2. The SMILES string of the molecule is CC(C)Oc1cc(COCc2ccsc2)cc(C(=O)Nc2nc(CNC3CCC3)cs2)c1. The molecule has 1 aromatic carbocycles. The lowest BCUT2D eigenvalue weighted by Crippen LogP contribution is -2.34. The van der Waals surface area contributed by atoms with Crippen molar-refractivity contribution in [3.63, 3.8) is 0 Å². The number of rotatable bonds is 11. The highest BCUT2D eigenvalue weighted by Crippen LogP contribution is 2.23. The molecule has 0 unspecified atom stereocenters. The molecule has 0 bridgehead atoms. The summed E-state index contributed by atoms with van der Waals surface area (Å²) >= 11 is 3.09. The minimum Gasteiger partial charge on any atom is -0.491 e. The molecule has 0 saturated heterocycles. The highest BCUT2D eigenvalue weighted by Gasteiger charge is 2.17. The molecule has 2 heterocycles. The quantitative estimate of drug-likeness (QED) is 0.381. The molecular weight excluding hydrogens is 442 g/mol. The fraction of sp³-hybridized carbons (Fsp3) is 0.417. The van der Waals surface area contributed by atoms with Gasteiger partial charge in [0.25, 0.3) is 5.91 Å². The largest absolute Gasteiger partial charge is 0.491 e. The number of anilines is 1. The first-order chi connectivity index (χ1) is 15.5. The Bertz CT molecular complexity index is 1010.